The zero-order valence-electron chi connectivity index (χ0n) is 7.55. The molecule has 11 heavy (non-hydrogen) atoms. The van der Waals surface area contributed by atoms with E-state index >= 15 is 0 Å². The number of hydrogen-bond donors (Lipinski definition) is 0. The van der Waals surface area contributed by atoms with Gasteiger partial charge in [0.05, 0.1) is 7.11 Å². The van der Waals surface area contributed by atoms with Gasteiger partial charge in [0, 0.05) is 5.71 Å². The summed E-state index contributed by atoms with van der Waals surface area (Å²) in [6.07, 6.45) is 0.481. The quantitative estimate of drug-likeness (QED) is 0.577. The summed E-state index contributed by atoms with van der Waals surface area (Å²) in [5.41, 5.74) is 0.833. The number of carbonyl (C=O) groups excluding carboxylic acids is 1. The third kappa shape index (κ3) is 3.75. The van der Waals surface area contributed by atoms with Crippen LogP contribution in [-0.2, 0) is 4.74 Å². The van der Waals surface area contributed by atoms with Gasteiger partial charge in [0.15, 0.2) is 0 Å². The van der Waals surface area contributed by atoms with E-state index in [4.69, 9.17) is 0 Å². The molecule has 0 N–H and O–H groups in total. The van der Waals surface area contributed by atoms with E-state index in [9.17, 15) is 4.79 Å². The van der Waals surface area contributed by atoms with Crippen LogP contribution in [0.2, 0.25) is 0 Å². The van der Waals surface area contributed by atoms with E-state index in [-0.39, 0.29) is 0 Å². The van der Waals surface area contributed by atoms with Crippen molar-refractivity contribution in [3.63, 3.8) is 0 Å². The van der Waals surface area contributed by atoms with Crippen molar-refractivity contribution in [2.75, 3.05) is 7.11 Å². The molecule has 0 aromatic carbocycles. The monoisotopic (exact) mass is 157 g/mol. The molecule has 0 spiro atoms. The molecule has 1 unspecified atom stereocenters. The standard InChI is InChI=1S/C8H15NO2/c1-5-6(2)7(3)9-8(10)11-4/h6H,5H2,1-4H3. The number of amides is 1. The van der Waals surface area contributed by atoms with Gasteiger partial charge in [-0.15, -0.1) is 0 Å². The van der Waals surface area contributed by atoms with E-state index in [0.717, 1.165) is 12.1 Å². The maximum atomic E-state index is 10.6. The third-order valence-electron chi connectivity index (χ3n) is 1.77. The van der Waals surface area contributed by atoms with Crippen LogP contribution < -0.4 is 0 Å². The Hall–Kier alpha value is -0.860. The summed E-state index contributed by atoms with van der Waals surface area (Å²) in [4.78, 5) is 14.4. The average Bonchev–Trinajstić information content (AvgIpc) is 2.02. The number of methoxy groups -OCH3 is 1. The van der Waals surface area contributed by atoms with Gasteiger partial charge in [-0.3, -0.25) is 0 Å². The highest BCUT2D eigenvalue weighted by Crippen LogP contribution is 2.03. The number of nitrogens with zero attached hydrogens (tertiary/aromatic N) is 1. The lowest BCUT2D eigenvalue weighted by atomic mass is 10.0. The largest absolute Gasteiger partial charge is 0.451 e. The van der Waals surface area contributed by atoms with E-state index < -0.39 is 6.09 Å². The van der Waals surface area contributed by atoms with Crippen molar-refractivity contribution in [2.24, 2.45) is 10.9 Å². The highest BCUT2D eigenvalue weighted by molar-refractivity contribution is 5.92. The van der Waals surface area contributed by atoms with Crippen molar-refractivity contribution in [1.29, 1.82) is 0 Å². The molecular formula is C8H15NO2. The Labute approximate surface area is 67.5 Å². The Bertz CT molecular complexity index is 163. The van der Waals surface area contributed by atoms with Crippen molar-refractivity contribution in [3.05, 3.63) is 0 Å². The number of hydrogen-bond acceptors (Lipinski definition) is 2. The number of ether oxygens (including phenoxy) is 1. The summed E-state index contributed by atoms with van der Waals surface area (Å²) < 4.78 is 4.39. The second-order valence-corrected chi connectivity index (χ2v) is 2.53. The first kappa shape index (κ1) is 10.1. The number of aliphatic imine (C=N–C) groups is 1. The molecule has 0 heterocycles. The Morgan fingerprint density at radius 3 is 2.55 bits per heavy atom. The second kappa shape index (κ2) is 4.88. The minimum Gasteiger partial charge on any atom is -0.451 e. The average molecular weight is 157 g/mol. The van der Waals surface area contributed by atoms with Gasteiger partial charge in [0.25, 0.3) is 0 Å². The minimum absolute atomic E-state index is 0.356. The van der Waals surface area contributed by atoms with E-state index in [0.29, 0.717) is 5.92 Å². The predicted octanol–water partition coefficient (Wildman–Crippen LogP) is 2.26. The minimum atomic E-state index is -0.511. The van der Waals surface area contributed by atoms with Gasteiger partial charge >= 0.3 is 6.09 Å². The normalized spacial score (nSPS) is 14.4. The smallest absolute Gasteiger partial charge is 0.433 e. The van der Waals surface area contributed by atoms with E-state index in [1.54, 1.807) is 0 Å². The van der Waals surface area contributed by atoms with Crippen molar-refractivity contribution >= 4 is 11.8 Å². The van der Waals surface area contributed by atoms with E-state index in [2.05, 4.69) is 16.7 Å². The van der Waals surface area contributed by atoms with Crippen LogP contribution in [0.25, 0.3) is 0 Å². The zero-order valence-corrected chi connectivity index (χ0v) is 7.55. The molecule has 3 heteroatoms. The first-order valence-electron chi connectivity index (χ1n) is 3.75. The molecule has 64 valence electrons. The maximum absolute atomic E-state index is 10.6. The van der Waals surface area contributed by atoms with Crippen LogP contribution >= 0.6 is 0 Å². The molecule has 0 fully saturated rings. The van der Waals surface area contributed by atoms with Crippen molar-refractivity contribution in [1.82, 2.24) is 0 Å². The number of carbonyl (C=O) groups is 1. The molecule has 0 bridgehead atoms. The Kier molecular flexibility index (Phi) is 4.50. The second-order valence-electron chi connectivity index (χ2n) is 2.53. The van der Waals surface area contributed by atoms with Crippen LogP contribution in [0.3, 0.4) is 0 Å². The molecule has 0 saturated carbocycles. The van der Waals surface area contributed by atoms with Crippen LogP contribution in [0.15, 0.2) is 4.99 Å². The molecule has 0 aliphatic rings. The number of rotatable bonds is 2. The fourth-order valence-electron chi connectivity index (χ4n) is 0.595. The molecule has 0 saturated heterocycles. The highest BCUT2D eigenvalue weighted by atomic mass is 16.5. The fourth-order valence-corrected chi connectivity index (χ4v) is 0.595. The van der Waals surface area contributed by atoms with Crippen LogP contribution in [0.5, 0.6) is 0 Å². The predicted molar refractivity (Wildman–Crippen MR) is 45.0 cm³/mol. The maximum Gasteiger partial charge on any atom is 0.433 e. The molecule has 1 amide bonds. The molecule has 1 atom stereocenters. The topological polar surface area (TPSA) is 38.7 Å². The summed E-state index contributed by atoms with van der Waals surface area (Å²) in [5, 5.41) is 0. The Morgan fingerprint density at radius 2 is 2.18 bits per heavy atom. The lowest BCUT2D eigenvalue weighted by Crippen LogP contribution is -2.08. The Morgan fingerprint density at radius 1 is 1.64 bits per heavy atom. The van der Waals surface area contributed by atoms with Crippen LogP contribution in [0, 0.1) is 5.92 Å². The molecule has 0 aromatic heterocycles. The van der Waals surface area contributed by atoms with E-state index in [1.807, 2.05) is 13.8 Å². The molecule has 0 aliphatic heterocycles. The van der Waals surface area contributed by atoms with Gasteiger partial charge in [-0.25, -0.2) is 4.79 Å². The van der Waals surface area contributed by atoms with E-state index in [1.165, 1.54) is 7.11 Å². The molecule has 3 nitrogen and oxygen atoms in total. The summed E-state index contributed by atoms with van der Waals surface area (Å²) in [5.74, 6) is 0.356. The van der Waals surface area contributed by atoms with Gasteiger partial charge in [0.1, 0.15) is 0 Å². The summed E-state index contributed by atoms with van der Waals surface area (Å²) >= 11 is 0. The van der Waals surface area contributed by atoms with Gasteiger partial charge in [0.2, 0.25) is 0 Å². The molecule has 0 radical (unpaired) electrons. The molecule has 0 aromatic rings. The van der Waals surface area contributed by atoms with Gasteiger partial charge in [-0.2, -0.15) is 4.99 Å². The van der Waals surface area contributed by atoms with Crippen LogP contribution in [-0.4, -0.2) is 18.9 Å². The van der Waals surface area contributed by atoms with Crippen molar-refractivity contribution in [3.8, 4) is 0 Å². The lowest BCUT2D eigenvalue weighted by Gasteiger charge is -2.05. The fraction of sp³-hybridized carbons (Fsp3) is 0.750. The first-order chi connectivity index (χ1) is 5.11. The van der Waals surface area contributed by atoms with Crippen molar-refractivity contribution < 1.29 is 9.53 Å². The lowest BCUT2D eigenvalue weighted by molar-refractivity contribution is 0.182. The summed E-state index contributed by atoms with van der Waals surface area (Å²) in [7, 11) is 1.33. The molecule has 0 aliphatic carbocycles. The molecular weight excluding hydrogens is 142 g/mol. The van der Waals surface area contributed by atoms with Gasteiger partial charge in [-0.05, 0) is 19.3 Å². The molecule has 0 rings (SSSR count). The van der Waals surface area contributed by atoms with Crippen LogP contribution in [0.4, 0.5) is 4.79 Å². The zero-order chi connectivity index (χ0) is 8.85. The van der Waals surface area contributed by atoms with Crippen LogP contribution in [0.1, 0.15) is 27.2 Å². The SMILES string of the molecule is CCC(C)C(C)=NC(=O)OC. The third-order valence-corrected chi connectivity index (χ3v) is 1.77. The summed E-state index contributed by atoms with van der Waals surface area (Å²) in [6, 6.07) is 0. The Balaban J connectivity index is 4.09. The van der Waals surface area contributed by atoms with Gasteiger partial charge < -0.3 is 4.74 Å². The highest BCUT2D eigenvalue weighted by Gasteiger charge is 2.04. The summed E-state index contributed by atoms with van der Waals surface area (Å²) in [6.45, 7) is 5.92. The first-order valence-corrected chi connectivity index (χ1v) is 3.75. The van der Waals surface area contributed by atoms with Crippen molar-refractivity contribution in [2.45, 2.75) is 27.2 Å². The van der Waals surface area contributed by atoms with Gasteiger partial charge in [-0.1, -0.05) is 13.8 Å².